The minimum Gasteiger partial charge on any atom is -0.461 e. The Morgan fingerprint density at radius 3 is 2.42 bits per heavy atom. The SMILES string of the molecule is COP(=O)(OC)[C@H]1C(=O)O[C@@H]2CC3(C[C@@H]21)OCCO3. The highest BCUT2D eigenvalue weighted by atomic mass is 31.2. The van der Waals surface area contributed by atoms with Crippen molar-refractivity contribution in [1.29, 1.82) is 0 Å². The molecule has 0 aromatic heterocycles. The predicted octanol–water partition coefficient (Wildman–Crippen LogP) is 0.919. The van der Waals surface area contributed by atoms with Crippen LogP contribution in [0.1, 0.15) is 12.8 Å². The van der Waals surface area contributed by atoms with E-state index >= 15 is 0 Å². The van der Waals surface area contributed by atoms with Crippen molar-refractivity contribution < 1.29 is 32.6 Å². The van der Waals surface area contributed by atoms with Crippen LogP contribution in [0.3, 0.4) is 0 Å². The van der Waals surface area contributed by atoms with Gasteiger partial charge in [-0.1, -0.05) is 0 Å². The molecular formula is C11H17O7P. The average molecular weight is 292 g/mol. The molecule has 8 heteroatoms. The Hall–Kier alpha value is -0.460. The Kier molecular flexibility index (Phi) is 3.22. The van der Waals surface area contributed by atoms with E-state index in [9.17, 15) is 9.36 Å². The molecule has 3 aliphatic rings. The van der Waals surface area contributed by atoms with Crippen LogP contribution >= 0.6 is 7.60 Å². The number of rotatable bonds is 3. The second-order valence-electron chi connectivity index (χ2n) is 5.00. The minimum absolute atomic E-state index is 0.253. The first-order valence-corrected chi connectivity index (χ1v) is 7.84. The number of hydrogen-bond acceptors (Lipinski definition) is 7. The molecule has 7 nitrogen and oxygen atoms in total. The van der Waals surface area contributed by atoms with Gasteiger partial charge in [-0.05, 0) is 0 Å². The summed E-state index contributed by atoms with van der Waals surface area (Å²) in [6, 6.07) is 0. The second kappa shape index (κ2) is 4.53. The summed E-state index contributed by atoms with van der Waals surface area (Å²) in [5.74, 6) is -1.47. The van der Waals surface area contributed by atoms with Crippen molar-refractivity contribution in [3.8, 4) is 0 Å². The largest absolute Gasteiger partial charge is 0.461 e. The Bertz CT molecular complexity index is 423. The van der Waals surface area contributed by atoms with Crippen LogP contribution in [0.15, 0.2) is 0 Å². The van der Waals surface area contributed by atoms with Crippen molar-refractivity contribution in [2.45, 2.75) is 30.4 Å². The van der Waals surface area contributed by atoms with Crippen LogP contribution in [0.4, 0.5) is 0 Å². The minimum atomic E-state index is -3.50. The van der Waals surface area contributed by atoms with Crippen molar-refractivity contribution >= 4 is 13.6 Å². The molecule has 2 aliphatic heterocycles. The van der Waals surface area contributed by atoms with Gasteiger partial charge in [-0.2, -0.15) is 0 Å². The van der Waals surface area contributed by atoms with E-state index in [-0.39, 0.29) is 12.0 Å². The Morgan fingerprint density at radius 2 is 1.84 bits per heavy atom. The van der Waals surface area contributed by atoms with E-state index in [4.69, 9.17) is 23.3 Å². The zero-order valence-electron chi connectivity index (χ0n) is 10.9. The summed E-state index contributed by atoms with van der Waals surface area (Å²) in [6.07, 6.45) is 0.618. The van der Waals surface area contributed by atoms with Crippen LogP contribution in [0.25, 0.3) is 0 Å². The molecule has 2 saturated heterocycles. The lowest BCUT2D eigenvalue weighted by Crippen LogP contribution is -2.31. The van der Waals surface area contributed by atoms with E-state index in [1.807, 2.05) is 0 Å². The molecule has 0 radical (unpaired) electrons. The van der Waals surface area contributed by atoms with Gasteiger partial charge in [-0.25, -0.2) is 0 Å². The molecule has 3 rings (SSSR count). The molecule has 0 bridgehead atoms. The van der Waals surface area contributed by atoms with E-state index in [1.165, 1.54) is 14.2 Å². The molecule has 0 N–H and O–H groups in total. The van der Waals surface area contributed by atoms with Crippen molar-refractivity contribution in [3.05, 3.63) is 0 Å². The van der Waals surface area contributed by atoms with Crippen molar-refractivity contribution in [1.82, 2.24) is 0 Å². The number of carbonyl (C=O) groups excluding carboxylic acids is 1. The van der Waals surface area contributed by atoms with Crippen molar-refractivity contribution in [2.24, 2.45) is 5.92 Å². The summed E-state index contributed by atoms with van der Waals surface area (Å²) in [6.45, 7) is 1.06. The van der Waals surface area contributed by atoms with E-state index in [1.54, 1.807) is 0 Å². The number of esters is 1. The number of carbonyl (C=O) groups is 1. The Morgan fingerprint density at radius 1 is 1.21 bits per heavy atom. The molecule has 0 aromatic carbocycles. The van der Waals surface area contributed by atoms with Gasteiger partial charge in [0.2, 0.25) is 0 Å². The lowest BCUT2D eigenvalue weighted by Gasteiger charge is -2.25. The fourth-order valence-corrected chi connectivity index (χ4v) is 4.96. The van der Waals surface area contributed by atoms with Crippen LogP contribution in [-0.2, 0) is 32.6 Å². The first-order chi connectivity index (χ1) is 9.03. The summed E-state index contributed by atoms with van der Waals surface area (Å²) in [5, 5.41) is 0. The fraction of sp³-hybridized carbons (Fsp3) is 0.909. The predicted molar refractivity (Wildman–Crippen MR) is 62.7 cm³/mol. The van der Waals surface area contributed by atoms with Crippen LogP contribution in [0, 0.1) is 5.92 Å². The van der Waals surface area contributed by atoms with E-state index in [0.29, 0.717) is 26.1 Å². The molecular weight excluding hydrogens is 275 g/mol. The molecule has 3 atom stereocenters. The molecule has 0 amide bonds. The topological polar surface area (TPSA) is 80.3 Å². The highest BCUT2D eigenvalue weighted by Crippen LogP contribution is 2.62. The fourth-order valence-electron chi connectivity index (χ4n) is 3.27. The maximum Gasteiger partial charge on any atom is 0.344 e. The summed E-state index contributed by atoms with van der Waals surface area (Å²) in [4.78, 5) is 11.9. The quantitative estimate of drug-likeness (QED) is 0.565. The third-order valence-electron chi connectivity index (χ3n) is 4.11. The average Bonchev–Trinajstić information content (AvgIpc) is 3.05. The van der Waals surface area contributed by atoms with Gasteiger partial charge >= 0.3 is 13.6 Å². The summed E-state index contributed by atoms with van der Waals surface area (Å²) < 4.78 is 38.9. The van der Waals surface area contributed by atoms with Gasteiger partial charge in [-0.15, -0.1) is 0 Å². The van der Waals surface area contributed by atoms with Crippen LogP contribution in [-0.4, -0.2) is 51.0 Å². The molecule has 0 aromatic rings. The molecule has 2 heterocycles. The monoisotopic (exact) mass is 292 g/mol. The maximum atomic E-state index is 12.5. The first kappa shape index (κ1) is 13.5. The standard InChI is InChI=1S/C11H17O7P/c1-14-19(13,15-2)9-7-5-11(16-3-4-17-11)6-8(7)18-10(9)12/h7-9H,3-6H2,1-2H3/t7-,8+,9+/m0/s1. The van der Waals surface area contributed by atoms with E-state index in [2.05, 4.69) is 0 Å². The molecule has 3 fully saturated rings. The van der Waals surface area contributed by atoms with Crippen LogP contribution < -0.4 is 0 Å². The van der Waals surface area contributed by atoms with Crippen LogP contribution in [0.2, 0.25) is 0 Å². The Labute approximate surface area is 111 Å². The number of hydrogen-bond donors (Lipinski definition) is 0. The van der Waals surface area contributed by atoms with E-state index < -0.39 is 25.0 Å². The molecule has 108 valence electrons. The third kappa shape index (κ3) is 1.96. The van der Waals surface area contributed by atoms with Crippen molar-refractivity contribution in [2.75, 3.05) is 27.4 Å². The van der Waals surface area contributed by atoms with Gasteiger partial charge in [-0.3, -0.25) is 9.36 Å². The van der Waals surface area contributed by atoms with Crippen molar-refractivity contribution in [3.63, 3.8) is 0 Å². The third-order valence-corrected chi connectivity index (χ3v) is 6.41. The highest BCUT2D eigenvalue weighted by Gasteiger charge is 2.63. The van der Waals surface area contributed by atoms with Crippen LogP contribution in [0.5, 0.6) is 0 Å². The van der Waals surface area contributed by atoms with Gasteiger partial charge in [0.1, 0.15) is 6.10 Å². The molecule has 19 heavy (non-hydrogen) atoms. The zero-order valence-corrected chi connectivity index (χ0v) is 11.8. The van der Waals surface area contributed by atoms with Gasteiger partial charge in [0.25, 0.3) is 0 Å². The first-order valence-electron chi connectivity index (χ1n) is 6.23. The summed E-state index contributed by atoms with van der Waals surface area (Å²) in [5.41, 5.74) is -0.889. The zero-order chi connectivity index (χ0) is 13.7. The maximum absolute atomic E-state index is 12.5. The van der Waals surface area contributed by atoms with Gasteiger partial charge < -0.3 is 23.3 Å². The molecule has 1 spiro atoms. The number of ether oxygens (including phenoxy) is 3. The van der Waals surface area contributed by atoms with E-state index in [0.717, 1.165) is 0 Å². The second-order valence-corrected chi connectivity index (χ2v) is 7.37. The molecule has 0 unspecified atom stereocenters. The smallest absolute Gasteiger partial charge is 0.344 e. The van der Waals surface area contributed by atoms with Gasteiger partial charge in [0, 0.05) is 33.0 Å². The molecule has 1 saturated carbocycles. The van der Waals surface area contributed by atoms with Gasteiger partial charge in [0.05, 0.1) is 13.2 Å². The molecule has 1 aliphatic carbocycles. The Balaban J connectivity index is 1.86. The normalized spacial score (nSPS) is 36.7. The van der Waals surface area contributed by atoms with Gasteiger partial charge in [0.15, 0.2) is 11.4 Å². The highest BCUT2D eigenvalue weighted by molar-refractivity contribution is 7.55. The summed E-state index contributed by atoms with van der Waals surface area (Å²) >= 11 is 0. The lowest BCUT2D eigenvalue weighted by molar-refractivity contribution is -0.165. The lowest BCUT2D eigenvalue weighted by atomic mass is 10.0. The number of fused-ring (bicyclic) bond motifs is 1. The summed E-state index contributed by atoms with van der Waals surface area (Å²) in [7, 11) is -0.946.